The van der Waals surface area contributed by atoms with Crippen LogP contribution in [0.25, 0.3) is 0 Å². The minimum absolute atomic E-state index is 0.139. The Balaban J connectivity index is 1.88. The number of aromatic nitrogens is 2. The van der Waals surface area contributed by atoms with Crippen LogP contribution in [0, 0.1) is 0 Å². The molecule has 1 aromatic carbocycles. The first-order valence-corrected chi connectivity index (χ1v) is 6.92. The summed E-state index contributed by atoms with van der Waals surface area (Å²) in [5.41, 5.74) is 7.86. The predicted molar refractivity (Wildman–Crippen MR) is 82.4 cm³/mol. The lowest BCUT2D eigenvalue weighted by atomic mass is 9.98. The fourth-order valence-corrected chi connectivity index (χ4v) is 2.21. The van der Waals surface area contributed by atoms with Crippen molar-refractivity contribution in [2.75, 3.05) is 13.1 Å². The molecule has 0 bridgehead atoms. The summed E-state index contributed by atoms with van der Waals surface area (Å²) in [5, 5.41) is 19.7. The van der Waals surface area contributed by atoms with Crippen LogP contribution in [-0.2, 0) is 13.5 Å². The van der Waals surface area contributed by atoms with Gasteiger partial charge >= 0.3 is 0 Å². The minimum Gasteiger partial charge on any atom is -0.409 e. The average Bonchev–Trinajstić information content (AvgIpc) is 2.93. The number of nitrogens with zero attached hydrogens (tertiary/aromatic N) is 3. The van der Waals surface area contributed by atoms with Gasteiger partial charge in [0.15, 0.2) is 0 Å². The molecule has 4 N–H and O–H groups in total. The number of oxime groups is 1. The highest BCUT2D eigenvalue weighted by atomic mass is 16.4. The lowest BCUT2D eigenvalue weighted by Gasteiger charge is -2.16. The van der Waals surface area contributed by atoms with E-state index in [0.717, 1.165) is 24.2 Å². The highest BCUT2D eigenvalue weighted by Crippen LogP contribution is 2.14. The molecule has 21 heavy (non-hydrogen) atoms. The Morgan fingerprint density at radius 3 is 2.76 bits per heavy atom. The zero-order valence-electron chi connectivity index (χ0n) is 12.1. The van der Waals surface area contributed by atoms with Crippen molar-refractivity contribution in [3.05, 3.63) is 53.9 Å². The zero-order valence-corrected chi connectivity index (χ0v) is 12.1. The summed E-state index contributed by atoms with van der Waals surface area (Å²) in [6.45, 7) is 1.41. The predicted octanol–water partition coefficient (Wildman–Crippen LogP) is 1.08. The van der Waals surface area contributed by atoms with E-state index in [4.69, 9.17) is 10.9 Å². The van der Waals surface area contributed by atoms with Crippen molar-refractivity contribution in [2.24, 2.45) is 17.9 Å². The maximum absolute atomic E-state index is 8.93. The average molecular weight is 287 g/mol. The Bertz CT molecular complexity index is 579. The first kappa shape index (κ1) is 15.1. The maximum Gasteiger partial charge on any atom is 0.147 e. The smallest absolute Gasteiger partial charge is 0.147 e. The van der Waals surface area contributed by atoms with Crippen LogP contribution in [0.5, 0.6) is 0 Å². The summed E-state index contributed by atoms with van der Waals surface area (Å²) in [6.07, 6.45) is 2.77. The second kappa shape index (κ2) is 7.44. The van der Waals surface area contributed by atoms with Gasteiger partial charge in [0.25, 0.3) is 0 Å². The number of benzene rings is 1. The normalized spacial score (nSPS) is 13.3. The van der Waals surface area contributed by atoms with Gasteiger partial charge in [-0.15, -0.1) is 0 Å². The van der Waals surface area contributed by atoms with Crippen molar-refractivity contribution in [3.63, 3.8) is 0 Å². The number of amidine groups is 1. The zero-order chi connectivity index (χ0) is 15.1. The summed E-state index contributed by atoms with van der Waals surface area (Å²) >= 11 is 0. The summed E-state index contributed by atoms with van der Waals surface area (Å²) in [6, 6.07) is 11.8. The lowest BCUT2D eigenvalue weighted by Crippen LogP contribution is -2.32. The Hall–Kier alpha value is -2.34. The Morgan fingerprint density at radius 1 is 1.38 bits per heavy atom. The minimum atomic E-state index is -0.139. The van der Waals surface area contributed by atoms with Crippen molar-refractivity contribution in [3.8, 4) is 0 Å². The van der Waals surface area contributed by atoms with Gasteiger partial charge in [-0.05, 0) is 11.6 Å². The van der Waals surface area contributed by atoms with E-state index in [0.29, 0.717) is 6.54 Å². The molecule has 6 nitrogen and oxygen atoms in total. The van der Waals surface area contributed by atoms with Gasteiger partial charge in [0.2, 0.25) is 0 Å². The van der Waals surface area contributed by atoms with E-state index in [1.54, 1.807) is 4.68 Å². The van der Waals surface area contributed by atoms with E-state index >= 15 is 0 Å². The van der Waals surface area contributed by atoms with Gasteiger partial charge < -0.3 is 16.3 Å². The molecule has 0 aliphatic rings. The van der Waals surface area contributed by atoms with Crippen LogP contribution >= 0.6 is 0 Å². The van der Waals surface area contributed by atoms with Crippen LogP contribution in [0.15, 0.2) is 47.8 Å². The number of hydrogen-bond donors (Lipinski definition) is 3. The fraction of sp³-hybridized carbons (Fsp3) is 0.333. The molecule has 112 valence electrons. The molecular formula is C15H21N5O. The molecule has 1 unspecified atom stereocenters. The van der Waals surface area contributed by atoms with Crippen LogP contribution in [0.1, 0.15) is 17.2 Å². The molecule has 1 heterocycles. The third-order valence-corrected chi connectivity index (χ3v) is 3.35. The van der Waals surface area contributed by atoms with Crippen LogP contribution < -0.4 is 11.1 Å². The van der Waals surface area contributed by atoms with E-state index in [1.165, 1.54) is 0 Å². The van der Waals surface area contributed by atoms with Crippen molar-refractivity contribution < 1.29 is 5.21 Å². The van der Waals surface area contributed by atoms with Crippen molar-refractivity contribution in [1.29, 1.82) is 0 Å². The van der Waals surface area contributed by atoms with Crippen LogP contribution in [0.4, 0.5) is 0 Å². The highest BCUT2D eigenvalue weighted by Gasteiger charge is 2.15. The van der Waals surface area contributed by atoms with Crippen molar-refractivity contribution in [1.82, 2.24) is 15.1 Å². The van der Waals surface area contributed by atoms with E-state index in [9.17, 15) is 0 Å². The van der Waals surface area contributed by atoms with E-state index < -0.39 is 0 Å². The van der Waals surface area contributed by atoms with Crippen LogP contribution in [-0.4, -0.2) is 33.9 Å². The molecule has 0 aliphatic heterocycles. The summed E-state index contributed by atoms with van der Waals surface area (Å²) in [4.78, 5) is 0. The third kappa shape index (κ3) is 4.32. The van der Waals surface area contributed by atoms with E-state index in [2.05, 4.69) is 15.6 Å². The van der Waals surface area contributed by atoms with Gasteiger partial charge in [-0.1, -0.05) is 35.5 Å². The summed E-state index contributed by atoms with van der Waals surface area (Å²) < 4.78 is 1.79. The van der Waals surface area contributed by atoms with Crippen LogP contribution in [0.3, 0.4) is 0 Å². The van der Waals surface area contributed by atoms with Gasteiger partial charge in [-0.3, -0.25) is 4.68 Å². The monoisotopic (exact) mass is 287 g/mol. The number of hydrogen-bond acceptors (Lipinski definition) is 4. The van der Waals surface area contributed by atoms with Gasteiger partial charge in [-0.2, -0.15) is 5.10 Å². The van der Waals surface area contributed by atoms with Crippen LogP contribution in [0.2, 0.25) is 0 Å². The lowest BCUT2D eigenvalue weighted by molar-refractivity contribution is 0.315. The van der Waals surface area contributed by atoms with E-state index in [1.807, 2.05) is 49.6 Å². The van der Waals surface area contributed by atoms with Gasteiger partial charge in [0, 0.05) is 32.8 Å². The molecule has 0 radical (unpaired) electrons. The molecule has 0 aliphatic carbocycles. The molecule has 1 aromatic heterocycles. The summed E-state index contributed by atoms with van der Waals surface area (Å²) in [5.74, 6) is 0.0754. The number of nitrogens with two attached hydrogens (primary N) is 1. The topological polar surface area (TPSA) is 88.5 Å². The SMILES string of the molecule is Cn1ccc(CCNCC(/C(N)=N/O)c2ccccc2)n1. The third-order valence-electron chi connectivity index (χ3n) is 3.35. The van der Waals surface area contributed by atoms with Gasteiger partial charge in [0.1, 0.15) is 5.84 Å². The Kier molecular flexibility index (Phi) is 5.34. The quantitative estimate of drug-likeness (QED) is 0.234. The van der Waals surface area contributed by atoms with Gasteiger partial charge in [-0.25, -0.2) is 0 Å². The standard InChI is InChI=1S/C15H21N5O/c1-20-10-8-13(18-20)7-9-17-11-14(15(16)19-21)12-5-3-2-4-6-12/h2-6,8,10,14,17,21H,7,9,11H2,1H3,(H2,16,19). The molecule has 0 saturated carbocycles. The fourth-order valence-electron chi connectivity index (χ4n) is 2.21. The van der Waals surface area contributed by atoms with Crippen molar-refractivity contribution in [2.45, 2.75) is 12.3 Å². The number of rotatable bonds is 7. The second-order valence-corrected chi connectivity index (χ2v) is 4.92. The first-order valence-electron chi connectivity index (χ1n) is 6.92. The molecule has 0 amide bonds. The number of nitrogens with one attached hydrogen (secondary N) is 1. The Labute approximate surface area is 124 Å². The molecule has 2 aromatic rings. The molecule has 0 fully saturated rings. The Morgan fingerprint density at radius 2 is 2.14 bits per heavy atom. The second-order valence-electron chi connectivity index (χ2n) is 4.92. The molecule has 0 spiro atoms. The summed E-state index contributed by atoms with van der Waals surface area (Å²) in [7, 11) is 1.90. The number of aryl methyl sites for hydroxylation is 1. The molecule has 2 rings (SSSR count). The molecule has 1 atom stereocenters. The largest absolute Gasteiger partial charge is 0.409 e. The highest BCUT2D eigenvalue weighted by molar-refractivity contribution is 5.87. The molecule has 6 heteroatoms. The van der Waals surface area contributed by atoms with E-state index in [-0.39, 0.29) is 11.8 Å². The maximum atomic E-state index is 8.93. The van der Waals surface area contributed by atoms with Crippen molar-refractivity contribution >= 4 is 5.84 Å². The first-order chi connectivity index (χ1) is 10.2. The van der Waals surface area contributed by atoms with Gasteiger partial charge in [0.05, 0.1) is 11.6 Å². The molecular weight excluding hydrogens is 266 g/mol. The molecule has 0 saturated heterocycles.